The van der Waals surface area contributed by atoms with Crippen molar-refractivity contribution in [3.63, 3.8) is 0 Å². The first-order valence-electron chi connectivity index (χ1n) is 12.9. The summed E-state index contributed by atoms with van der Waals surface area (Å²) >= 11 is 0. The Labute approximate surface area is 214 Å². The first-order valence-corrected chi connectivity index (χ1v) is 12.9. The molecule has 0 unspecified atom stereocenters. The number of nitrogens with one attached hydrogen (secondary N) is 2. The number of allylic oxidation sites excluding steroid dienone is 1. The Bertz CT molecular complexity index is 1570. The van der Waals surface area contributed by atoms with E-state index in [2.05, 4.69) is 34.3 Å². The molecule has 2 aliphatic rings. The highest BCUT2D eigenvalue weighted by Gasteiger charge is 2.37. The van der Waals surface area contributed by atoms with E-state index >= 15 is 0 Å². The Morgan fingerprint density at radius 3 is 2.76 bits per heavy atom. The second-order valence-electron chi connectivity index (χ2n) is 9.84. The van der Waals surface area contributed by atoms with E-state index in [0.29, 0.717) is 41.3 Å². The van der Waals surface area contributed by atoms with E-state index < -0.39 is 5.60 Å². The largest absolute Gasteiger partial charge is 0.384 e. The molecule has 1 aromatic carbocycles. The van der Waals surface area contributed by atoms with Gasteiger partial charge >= 0.3 is 0 Å². The highest BCUT2D eigenvalue weighted by atomic mass is 16.3. The number of benzene rings is 1. The quantitative estimate of drug-likeness (QED) is 0.351. The molecule has 0 saturated heterocycles. The van der Waals surface area contributed by atoms with E-state index in [4.69, 9.17) is 9.97 Å². The molecule has 6 rings (SSSR count). The van der Waals surface area contributed by atoms with Crippen LogP contribution in [0.5, 0.6) is 0 Å². The van der Waals surface area contributed by atoms with Crippen LogP contribution in [0.1, 0.15) is 42.1 Å². The molecule has 4 aromatic rings. The van der Waals surface area contributed by atoms with Crippen molar-refractivity contribution in [3.8, 4) is 5.82 Å². The van der Waals surface area contributed by atoms with Crippen molar-refractivity contribution >= 4 is 22.7 Å². The zero-order chi connectivity index (χ0) is 25.6. The molecule has 9 heteroatoms. The van der Waals surface area contributed by atoms with E-state index in [-0.39, 0.29) is 12.1 Å². The van der Waals surface area contributed by atoms with E-state index in [9.17, 15) is 9.90 Å². The first-order chi connectivity index (χ1) is 18.0. The van der Waals surface area contributed by atoms with Crippen LogP contribution in [0.3, 0.4) is 0 Å². The SMILES string of the molecule is C=CCn1c(=O)c2cnc(Nc3ccc4c(c3)CCNCC4)nc2n1-c1ccc2c(n1)[C@@](O)(CC)CC2. The predicted octanol–water partition coefficient (Wildman–Crippen LogP) is 3.14. The molecule has 1 atom stereocenters. The maximum atomic E-state index is 13.3. The van der Waals surface area contributed by atoms with Crippen LogP contribution in [0.15, 0.2) is 54.0 Å². The van der Waals surface area contributed by atoms with Crippen molar-refractivity contribution < 1.29 is 5.11 Å². The van der Waals surface area contributed by atoms with Crippen LogP contribution in [0.2, 0.25) is 0 Å². The van der Waals surface area contributed by atoms with E-state index in [1.165, 1.54) is 11.1 Å². The summed E-state index contributed by atoms with van der Waals surface area (Å²) in [5.41, 5.74) is 4.58. The molecule has 0 fully saturated rings. The first kappa shape index (κ1) is 23.6. The van der Waals surface area contributed by atoms with E-state index in [0.717, 1.165) is 43.6 Å². The standard InChI is InChI=1S/C28H31N7O2/c1-3-15-34-26(36)22-17-30-27(31-21-7-5-18-10-13-29-14-11-20(18)16-21)33-25(22)35(34)23-8-6-19-9-12-28(37,4-2)24(19)32-23/h3,5-8,16-17,29,37H,1,4,9-15H2,2H3,(H,30,31,33)/t28-/m1/s1. The summed E-state index contributed by atoms with van der Waals surface area (Å²) in [6.07, 6.45) is 7.23. The molecule has 4 heterocycles. The fourth-order valence-electron chi connectivity index (χ4n) is 5.49. The Hall–Kier alpha value is -3.82. The summed E-state index contributed by atoms with van der Waals surface area (Å²) in [4.78, 5) is 27.4. The number of hydrogen-bond donors (Lipinski definition) is 3. The van der Waals surface area contributed by atoms with Gasteiger partial charge in [-0.2, -0.15) is 4.98 Å². The molecule has 9 nitrogen and oxygen atoms in total. The van der Waals surface area contributed by atoms with Crippen molar-refractivity contribution in [2.75, 3.05) is 18.4 Å². The van der Waals surface area contributed by atoms with Gasteiger partial charge in [0.2, 0.25) is 5.95 Å². The molecule has 3 N–H and O–H groups in total. The van der Waals surface area contributed by atoms with Gasteiger partial charge in [0.1, 0.15) is 11.0 Å². The van der Waals surface area contributed by atoms with Gasteiger partial charge in [0, 0.05) is 11.9 Å². The molecule has 0 radical (unpaired) electrons. The third-order valence-electron chi connectivity index (χ3n) is 7.60. The van der Waals surface area contributed by atoms with Crippen LogP contribution in [-0.4, -0.2) is 42.5 Å². The van der Waals surface area contributed by atoms with Crippen LogP contribution < -0.4 is 16.2 Å². The molecule has 37 heavy (non-hydrogen) atoms. The highest BCUT2D eigenvalue weighted by molar-refractivity contribution is 5.77. The number of aromatic nitrogens is 5. The van der Waals surface area contributed by atoms with Gasteiger partial charge in [-0.15, -0.1) is 6.58 Å². The monoisotopic (exact) mass is 497 g/mol. The molecular formula is C28H31N7O2. The minimum absolute atomic E-state index is 0.216. The predicted molar refractivity (Wildman–Crippen MR) is 144 cm³/mol. The summed E-state index contributed by atoms with van der Waals surface area (Å²) in [6, 6.07) is 10.2. The lowest BCUT2D eigenvalue weighted by atomic mass is 9.98. The summed E-state index contributed by atoms with van der Waals surface area (Å²) in [6.45, 7) is 8.03. The summed E-state index contributed by atoms with van der Waals surface area (Å²) in [5.74, 6) is 0.929. The van der Waals surface area contributed by atoms with Gasteiger partial charge in [0.05, 0.1) is 12.2 Å². The number of aryl methyl sites for hydroxylation is 1. The summed E-state index contributed by atoms with van der Waals surface area (Å²) in [5, 5.41) is 18.3. The summed E-state index contributed by atoms with van der Waals surface area (Å²) in [7, 11) is 0. The van der Waals surface area contributed by atoms with Gasteiger partial charge in [0.15, 0.2) is 11.5 Å². The third kappa shape index (κ3) is 4.04. The van der Waals surface area contributed by atoms with Crippen molar-refractivity contribution in [2.24, 2.45) is 0 Å². The molecular weight excluding hydrogens is 466 g/mol. The molecule has 0 spiro atoms. The molecule has 1 aliphatic carbocycles. The second-order valence-corrected chi connectivity index (χ2v) is 9.84. The number of anilines is 2. The normalized spacial score (nSPS) is 18.9. The number of pyridine rings is 1. The van der Waals surface area contributed by atoms with E-state index in [1.807, 2.05) is 25.1 Å². The smallest absolute Gasteiger partial charge is 0.278 e. The Morgan fingerprint density at radius 1 is 1.14 bits per heavy atom. The second kappa shape index (κ2) is 9.24. The van der Waals surface area contributed by atoms with Gasteiger partial charge in [0.25, 0.3) is 5.56 Å². The van der Waals surface area contributed by atoms with Crippen molar-refractivity contribution in [1.29, 1.82) is 0 Å². The van der Waals surface area contributed by atoms with Gasteiger partial charge in [-0.25, -0.2) is 19.3 Å². The number of nitrogens with zero attached hydrogens (tertiary/aromatic N) is 5. The number of rotatable bonds is 6. The fourth-order valence-corrected chi connectivity index (χ4v) is 5.49. The van der Waals surface area contributed by atoms with Crippen LogP contribution in [-0.2, 0) is 31.4 Å². The fraction of sp³-hybridized carbons (Fsp3) is 0.357. The minimum atomic E-state index is -0.958. The van der Waals surface area contributed by atoms with Crippen molar-refractivity contribution in [2.45, 2.75) is 51.2 Å². The van der Waals surface area contributed by atoms with Gasteiger partial charge < -0.3 is 15.7 Å². The number of hydrogen-bond acceptors (Lipinski definition) is 7. The highest BCUT2D eigenvalue weighted by Crippen LogP contribution is 2.38. The van der Waals surface area contributed by atoms with Gasteiger partial charge in [-0.1, -0.05) is 25.1 Å². The Morgan fingerprint density at radius 2 is 1.95 bits per heavy atom. The lowest BCUT2D eigenvalue weighted by Gasteiger charge is -2.21. The Balaban J connectivity index is 1.45. The van der Waals surface area contributed by atoms with E-state index in [1.54, 1.807) is 21.6 Å². The van der Waals surface area contributed by atoms with Crippen LogP contribution in [0.25, 0.3) is 16.9 Å². The van der Waals surface area contributed by atoms with Crippen LogP contribution in [0, 0.1) is 0 Å². The lowest BCUT2D eigenvalue weighted by Crippen LogP contribution is -2.25. The maximum absolute atomic E-state index is 13.3. The summed E-state index contributed by atoms with van der Waals surface area (Å²) < 4.78 is 3.27. The van der Waals surface area contributed by atoms with Gasteiger partial charge in [-0.05, 0) is 80.1 Å². The van der Waals surface area contributed by atoms with Gasteiger partial charge in [-0.3, -0.25) is 4.79 Å². The lowest BCUT2D eigenvalue weighted by molar-refractivity contribution is 0.0306. The zero-order valence-electron chi connectivity index (χ0n) is 21.0. The molecule has 1 aliphatic heterocycles. The zero-order valence-corrected chi connectivity index (χ0v) is 21.0. The molecule has 0 amide bonds. The average molecular weight is 498 g/mol. The Kier molecular flexibility index (Phi) is 5.89. The number of aliphatic hydroxyl groups is 1. The molecule has 3 aromatic heterocycles. The third-order valence-corrected chi connectivity index (χ3v) is 7.60. The minimum Gasteiger partial charge on any atom is -0.384 e. The number of fused-ring (bicyclic) bond motifs is 3. The molecule has 0 bridgehead atoms. The molecule has 190 valence electrons. The van der Waals surface area contributed by atoms with Crippen LogP contribution >= 0.6 is 0 Å². The van der Waals surface area contributed by atoms with Crippen molar-refractivity contribution in [1.82, 2.24) is 29.6 Å². The molecule has 0 saturated carbocycles. The van der Waals surface area contributed by atoms with Crippen molar-refractivity contribution in [3.05, 3.63) is 81.9 Å². The van der Waals surface area contributed by atoms with Crippen LogP contribution in [0.4, 0.5) is 11.6 Å². The maximum Gasteiger partial charge on any atom is 0.278 e. The topological polar surface area (TPSA) is 110 Å². The average Bonchev–Trinajstić information content (AvgIpc) is 3.26.